The van der Waals surface area contributed by atoms with E-state index in [0.29, 0.717) is 36.6 Å². The molecule has 0 bridgehead atoms. The molecule has 0 N–H and O–H groups in total. The van der Waals surface area contributed by atoms with Gasteiger partial charge in [0.1, 0.15) is 17.1 Å². The maximum absolute atomic E-state index is 14.8. The fraction of sp³-hybridized carbons (Fsp3) is 0.185. The van der Waals surface area contributed by atoms with Crippen LogP contribution in [0, 0.1) is 29.1 Å². The molecule has 0 aliphatic carbocycles. The number of halogens is 10. The van der Waals surface area contributed by atoms with Gasteiger partial charge in [0.2, 0.25) is 5.82 Å². The van der Waals surface area contributed by atoms with Crippen molar-refractivity contribution in [3.8, 4) is 11.5 Å². The van der Waals surface area contributed by atoms with Crippen LogP contribution in [0.1, 0.15) is 30.0 Å². The van der Waals surface area contributed by atoms with E-state index in [1.807, 2.05) is 6.92 Å². The highest BCUT2D eigenvalue weighted by atomic mass is 35.5. The summed E-state index contributed by atoms with van der Waals surface area (Å²) in [7, 11) is 0. The number of fused-ring (bicyclic) bond motifs is 1. The molecule has 0 unspecified atom stereocenters. The molecule has 12 heteroatoms. The van der Waals surface area contributed by atoms with Crippen LogP contribution in [0.3, 0.4) is 0 Å². The van der Waals surface area contributed by atoms with Crippen molar-refractivity contribution >= 4 is 22.4 Å². The molecule has 0 aromatic heterocycles. The summed E-state index contributed by atoms with van der Waals surface area (Å²) in [6.07, 6.45) is -7.68. The van der Waals surface area contributed by atoms with Crippen LogP contribution in [0.25, 0.3) is 10.8 Å². The highest BCUT2D eigenvalue weighted by Crippen LogP contribution is 2.41. The predicted octanol–water partition coefficient (Wildman–Crippen LogP) is 9.40. The van der Waals surface area contributed by atoms with Crippen molar-refractivity contribution in [3.63, 3.8) is 0 Å². The second-order valence-corrected chi connectivity index (χ2v) is 8.81. The molecule has 0 aliphatic heterocycles. The molecule has 0 radical (unpaired) electrons. The minimum absolute atomic E-state index is 0.238. The van der Waals surface area contributed by atoms with Gasteiger partial charge in [-0.25, -0.2) is 17.6 Å². The maximum atomic E-state index is 14.8. The number of ether oxygens (including phenoxy) is 2. The Morgan fingerprint density at radius 3 is 2.03 bits per heavy atom. The van der Waals surface area contributed by atoms with E-state index in [9.17, 15) is 39.5 Å². The summed E-state index contributed by atoms with van der Waals surface area (Å²) in [6.45, 7) is 1.86. The van der Waals surface area contributed by atoms with Gasteiger partial charge in [-0.1, -0.05) is 37.1 Å². The molecule has 4 aromatic carbocycles. The minimum Gasteiger partial charge on any atom is -0.429 e. The third-order valence-corrected chi connectivity index (χ3v) is 5.98. The van der Waals surface area contributed by atoms with Gasteiger partial charge in [0, 0.05) is 6.07 Å². The molecule has 4 rings (SSSR count). The van der Waals surface area contributed by atoms with Gasteiger partial charge in [0.25, 0.3) is 0 Å². The lowest BCUT2D eigenvalue weighted by Gasteiger charge is -2.22. The van der Waals surface area contributed by atoms with Gasteiger partial charge in [0.05, 0.1) is 16.0 Å². The van der Waals surface area contributed by atoms with E-state index in [0.717, 1.165) is 18.2 Å². The fourth-order valence-electron chi connectivity index (χ4n) is 3.85. The Kier molecular flexibility index (Phi) is 7.66. The van der Waals surface area contributed by atoms with Gasteiger partial charge in [-0.15, -0.1) is 0 Å². The zero-order chi connectivity index (χ0) is 28.7. The van der Waals surface area contributed by atoms with E-state index in [1.54, 1.807) is 0 Å². The van der Waals surface area contributed by atoms with Crippen molar-refractivity contribution in [2.24, 2.45) is 0 Å². The van der Waals surface area contributed by atoms with Gasteiger partial charge in [-0.2, -0.15) is 22.0 Å². The molecule has 0 saturated carbocycles. The average molecular weight is 579 g/mol. The Morgan fingerprint density at radius 2 is 1.36 bits per heavy atom. The van der Waals surface area contributed by atoms with Crippen molar-refractivity contribution in [3.05, 3.63) is 105 Å². The van der Waals surface area contributed by atoms with E-state index in [1.165, 1.54) is 12.1 Å². The molecule has 0 saturated heterocycles. The molecule has 0 aliphatic rings. The Morgan fingerprint density at radius 1 is 0.692 bits per heavy atom. The summed E-state index contributed by atoms with van der Waals surface area (Å²) in [5, 5.41) is -1.61. The van der Waals surface area contributed by atoms with Crippen LogP contribution < -0.4 is 9.47 Å². The minimum atomic E-state index is -4.66. The molecule has 0 spiro atoms. The Bertz CT molecular complexity index is 1560. The van der Waals surface area contributed by atoms with E-state index < -0.39 is 74.3 Å². The van der Waals surface area contributed by atoms with Gasteiger partial charge in [0.15, 0.2) is 23.2 Å². The van der Waals surface area contributed by atoms with Gasteiger partial charge in [-0.05, 0) is 53.8 Å². The standard InChI is InChI=1S/C27H16ClF9O2/c1-2-3-13-4-6-16(18(28)10-13)26(34,35)39-21-9-7-17(23(31)25(21)33)27(36,37)38-15-11-14-5-8-19(29)24(32)22(14)20(30)12-15/h4-12H,2-3H2,1H3. The van der Waals surface area contributed by atoms with E-state index in [-0.39, 0.29) is 11.5 Å². The maximum Gasteiger partial charge on any atom is 0.429 e. The van der Waals surface area contributed by atoms with Crippen LogP contribution in [-0.2, 0) is 18.6 Å². The molecule has 206 valence electrons. The molecular formula is C27H16ClF9O2. The lowest BCUT2D eigenvalue weighted by atomic mass is 10.1. The molecule has 0 amide bonds. The lowest BCUT2D eigenvalue weighted by molar-refractivity contribution is -0.189. The molecular weight excluding hydrogens is 563 g/mol. The number of hydrogen-bond acceptors (Lipinski definition) is 2. The number of rotatable bonds is 8. The Hall–Kier alpha value is -3.60. The second-order valence-electron chi connectivity index (χ2n) is 8.41. The Balaban J connectivity index is 1.62. The first-order valence-electron chi connectivity index (χ1n) is 11.2. The van der Waals surface area contributed by atoms with E-state index >= 15 is 0 Å². The number of benzene rings is 4. The molecule has 0 heterocycles. The quantitative estimate of drug-likeness (QED) is 0.194. The molecule has 2 nitrogen and oxygen atoms in total. The third kappa shape index (κ3) is 5.59. The normalized spacial score (nSPS) is 12.2. The van der Waals surface area contributed by atoms with Gasteiger partial charge < -0.3 is 9.47 Å². The summed E-state index contributed by atoms with van der Waals surface area (Å²) in [4.78, 5) is 0. The topological polar surface area (TPSA) is 18.5 Å². The SMILES string of the molecule is CCCc1ccc(C(F)(F)Oc2ccc(C(F)(F)Oc3cc(F)c4c(F)c(F)ccc4c3)c(F)c2F)c(Cl)c1. The van der Waals surface area contributed by atoms with Crippen LogP contribution in [0.2, 0.25) is 5.02 Å². The van der Waals surface area contributed by atoms with Crippen molar-refractivity contribution < 1.29 is 49.0 Å². The average Bonchev–Trinajstić information content (AvgIpc) is 2.84. The monoisotopic (exact) mass is 578 g/mol. The van der Waals surface area contributed by atoms with Gasteiger partial charge >= 0.3 is 12.2 Å². The Labute approximate surface area is 220 Å². The number of aryl methyl sites for hydroxylation is 1. The lowest BCUT2D eigenvalue weighted by Crippen LogP contribution is -2.26. The zero-order valence-corrected chi connectivity index (χ0v) is 20.5. The number of alkyl halides is 4. The number of hydrogen-bond donors (Lipinski definition) is 0. The van der Waals surface area contributed by atoms with Crippen LogP contribution in [0.15, 0.2) is 54.6 Å². The molecule has 39 heavy (non-hydrogen) atoms. The first-order valence-corrected chi connectivity index (χ1v) is 11.6. The smallest absolute Gasteiger partial charge is 0.429 e. The van der Waals surface area contributed by atoms with E-state index in [2.05, 4.69) is 9.47 Å². The van der Waals surface area contributed by atoms with Crippen LogP contribution in [-0.4, -0.2) is 0 Å². The third-order valence-electron chi connectivity index (χ3n) is 5.66. The van der Waals surface area contributed by atoms with Crippen molar-refractivity contribution in [1.82, 2.24) is 0 Å². The summed E-state index contributed by atoms with van der Waals surface area (Å²) in [6, 6.07) is 6.64. The largest absolute Gasteiger partial charge is 0.429 e. The molecule has 0 atom stereocenters. The highest BCUT2D eigenvalue weighted by Gasteiger charge is 2.42. The highest BCUT2D eigenvalue weighted by molar-refractivity contribution is 6.31. The van der Waals surface area contributed by atoms with E-state index in [4.69, 9.17) is 11.6 Å². The first kappa shape index (κ1) is 28.4. The zero-order valence-electron chi connectivity index (χ0n) is 19.7. The molecule has 0 fully saturated rings. The first-order chi connectivity index (χ1) is 18.2. The fourth-order valence-corrected chi connectivity index (χ4v) is 4.16. The van der Waals surface area contributed by atoms with Crippen molar-refractivity contribution in [2.75, 3.05) is 0 Å². The predicted molar refractivity (Wildman–Crippen MR) is 125 cm³/mol. The summed E-state index contributed by atoms with van der Waals surface area (Å²) < 4.78 is 138. The second kappa shape index (κ2) is 10.5. The summed E-state index contributed by atoms with van der Waals surface area (Å²) in [5.41, 5.74) is -1.95. The van der Waals surface area contributed by atoms with Crippen molar-refractivity contribution in [2.45, 2.75) is 32.0 Å². The van der Waals surface area contributed by atoms with Crippen LogP contribution >= 0.6 is 11.6 Å². The molecule has 4 aromatic rings. The summed E-state index contributed by atoms with van der Waals surface area (Å²) in [5.74, 6) is -11.2. The van der Waals surface area contributed by atoms with Crippen LogP contribution in [0.4, 0.5) is 39.5 Å². The van der Waals surface area contributed by atoms with Gasteiger partial charge in [-0.3, -0.25) is 0 Å². The van der Waals surface area contributed by atoms with Crippen molar-refractivity contribution in [1.29, 1.82) is 0 Å². The van der Waals surface area contributed by atoms with Crippen LogP contribution in [0.5, 0.6) is 11.5 Å². The summed E-state index contributed by atoms with van der Waals surface area (Å²) >= 11 is 5.90.